The van der Waals surface area contributed by atoms with Crippen LogP contribution in [0.3, 0.4) is 0 Å². The van der Waals surface area contributed by atoms with E-state index in [0.29, 0.717) is 24.8 Å². The van der Waals surface area contributed by atoms with E-state index in [2.05, 4.69) is 9.80 Å². The van der Waals surface area contributed by atoms with Crippen molar-refractivity contribution in [1.29, 1.82) is 0 Å². The van der Waals surface area contributed by atoms with Crippen molar-refractivity contribution in [3.63, 3.8) is 0 Å². The molecule has 1 aromatic carbocycles. The number of piperazine rings is 1. The van der Waals surface area contributed by atoms with Crippen LogP contribution >= 0.6 is 11.6 Å². The van der Waals surface area contributed by atoms with Gasteiger partial charge in [-0.05, 0) is 12.1 Å². The molecule has 0 unspecified atom stereocenters. The molecule has 0 bridgehead atoms. The number of alkyl halides is 1. The topological polar surface area (TPSA) is 15.7 Å². The second-order valence-corrected chi connectivity index (χ2v) is 4.96. The maximum atomic E-state index is 13.7. The van der Waals surface area contributed by atoms with E-state index in [1.807, 2.05) is 12.1 Å². The van der Waals surface area contributed by atoms with Gasteiger partial charge in [0.25, 0.3) is 0 Å². The van der Waals surface area contributed by atoms with Crippen LogP contribution in [0.5, 0.6) is 0 Å². The first-order chi connectivity index (χ1) is 9.31. The standard InChI is InChI=1S/C14H20ClFN2O/c15-5-11-19-12-10-17-6-8-18(9-7-17)14-4-2-1-3-13(14)16/h1-4H,5-12H2. The summed E-state index contributed by atoms with van der Waals surface area (Å²) in [4.78, 5) is 4.44. The third-order valence-electron chi connectivity index (χ3n) is 3.34. The zero-order valence-corrected chi connectivity index (χ0v) is 11.8. The van der Waals surface area contributed by atoms with Gasteiger partial charge in [-0.15, -0.1) is 11.6 Å². The fraction of sp³-hybridized carbons (Fsp3) is 0.571. The second-order valence-electron chi connectivity index (χ2n) is 4.58. The first-order valence-corrected chi connectivity index (χ1v) is 7.20. The van der Waals surface area contributed by atoms with E-state index in [1.54, 1.807) is 6.07 Å². The Balaban J connectivity index is 1.75. The van der Waals surface area contributed by atoms with Gasteiger partial charge in [0, 0.05) is 38.6 Å². The van der Waals surface area contributed by atoms with Crippen molar-refractivity contribution in [2.45, 2.75) is 0 Å². The summed E-state index contributed by atoms with van der Waals surface area (Å²) >= 11 is 5.54. The van der Waals surface area contributed by atoms with Crippen molar-refractivity contribution in [1.82, 2.24) is 4.90 Å². The summed E-state index contributed by atoms with van der Waals surface area (Å²) in [6.07, 6.45) is 0. The van der Waals surface area contributed by atoms with Crippen molar-refractivity contribution in [3.05, 3.63) is 30.1 Å². The molecule has 1 heterocycles. The largest absolute Gasteiger partial charge is 0.379 e. The zero-order chi connectivity index (χ0) is 13.5. The van der Waals surface area contributed by atoms with E-state index in [1.165, 1.54) is 6.07 Å². The molecular weight excluding hydrogens is 267 g/mol. The summed E-state index contributed by atoms with van der Waals surface area (Å²) in [6.45, 7) is 5.84. The van der Waals surface area contributed by atoms with Gasteiger partial charge < -0.3 is 9.64 Å². The minimum Gasteiger partial charge on any atom is -0.379 e. The Bertz CT molecular complexity index is 383. The molecule has 2 rings (SSSR count). The Morgan fingerprint density at radius 1 is 1.11 bits per heavy atom. The molecule has 0 aromatic heterocycles. The molecule has 1 aliphatic heterocycles. The van der Waals surface area contributed by atoms with E-state index in [-0.39, 0.29) is 5.82 Å². The third kappa shape index (κ3) is 4.34. The summed E-state index contributed by atoms with van der Waals surface area (Å²) in [5, 5.41) is 0. The van der Waals surface area contributed by atoms with Gasteiger partial charge >= 0.3 is 0 Å². The van der Waals surface area contributed by atoms with Gasteiger partial charge in [0.05, 0.1) is 18.9 Å². The van der Waals surface area contributed by atoms with Crippen LogP contribution in [0.2, 0.25) is 0 Å². The van der Waals surface area contributed by atoms with E-state index in [0.717, 1.165) is 32.7 Å². The number of nitrogens with zero attached hydrogens (tertiary/aromatic N) is 2. The zero-order valence-electron chi connectivity index (χ0n) is 11.0. The SMILES string of the molecule is Fc1ccccc1N1CCN(CCOCCCl)CC1. The molecule has 1 aromatic rings. The average molecular weight is 287 g/mol. The molecule has 0 N–H and O–H groups in total. The maximum Gasteiger partial charge on any atom is 0.146 e. The van der Waals surface area contributed by atoms with Crippen molar-refractivity contribution >= 4 is 17.3 Å². The molecule has 1 saturated heterocycles. The number of hydrogen-bond donors (Lipinski definition) is 0. The number of rotatable bonds is 6. The van der Waals surface area contributed by atoms with Crippen LogP contribution in [0.4, 0.5) is 10.1 Å². The van der Waals surface area contributed by atoms with Gasteiger partial charge in [-0.2, -0.15) is 0 Å². The van der Waals surface area contributed by atoms with Crippen molar-refractivity contribution in [2.24, 2.45) is 0 Å². The van der Waals surface area contributed by atoms with Gasteiger partial charge in [0.1, 0.15) is 5.82 Å². The van der Waals surface area contributed by atoms with Gasteiger partial charge in [0.2, 0.25) is 0 Å². The number of anilines is 1. The Labute approximate surface area is 118 Å². The van der Waals surface area contributed by atoms with Crippen LogP contribution < -0.4 is 4.90 Å². The molecule has 0 radical (unpaired) electrons. The van der Waals surface area contributed by atoms with Crippen LogP contribution in [0.25, 0.3) is 0 Å². The molecule has 5 heteroatoms. The number of hydrogen-bond acceptors (Lipinski definition) is 3. The molecule has 0 amide bonds. The van der Waals surface area contributed by atoms with Crippen LogP contribution in [0.15, 0.2) is 24.3 Å². The van der Waals surface area contributed by atoms with Crippen LogP contribution in [-0.4, -0.2) is 56.7 Å². The molecule has 0 atom stereocenters. The van der Waals surface area contributed by atoms with Gasteiger partial charge in [-0.25, -0.2) is 4.39 Å². The summed E-state index contributed by atoms with van der Waals surface area (Å²) in [6, 6.07) is 6.96. The monoisotopic (exact) mass is 286 g/mol. The Kier molecular flexibility index (Phi) is 5.89. The van der Waals surface area contributed by atoms with Crippen LogP contribution in [-0.2, 0) is 4.74 Å². The first kappa shape index (κ1) is 14.6. The smallest absolute Gasteiger partial charge is 0.146 e. The highest BCUT2D eigenvalue weighted by atomic mass is 35.5. The number of para-hydroxylation sites is 1. The lowest BCUT2D eigenvalue weighted by atomic mass is 10.2. The number of benzene rings is 1. The third-order valence-corrected chi connectivity index (χ3v) is 3.49. The number of ether oxygens (including phenoxy) is 1. The highest BCUT2D eigenvalue weighted by molar-refractivity contribution is 6.17. The molecule has 0 spiro atoms. The fourth-order valence-corrected chi connectivity index (χ4v) is 2.38. The predicted molar refractivity (Wildman–Crippen MR) is 76.6 cm³/mol. The summed E-state index contributed by atoms with van der Waals surface area (Å²) in [5.74, 6) is 0.405. The lowest BCUT2D eigenvalue weighted by molar-refractivity contribution is 0.112. The minimum absolute atomic E-state index is 0.138. The van der Waals surface area contributed by atoms with Gasteiger partial charge in [0.15, 0.2) is 0 Å². The van der Waals surface area contributed by atoms with Gasteiger partial charge in [-0.1, -0.05) is 12.1 Å². The fourth-order valence-electron chi connectivity index (χ4n) is 2.27. The highest BCUT2D eigenvalue weighted by Gasteiger charge is 2.18. The highest BCUT2D eigenvalue weighted by Crippen LogP contribution is 2.19. The molecule has 0 saturated carbocycles. The number of halogens is 2. The maximum absolute atomic E-state index is 13.7. The predicted octanol–water partition coefficient (Wildman–Crippen LogP) is 2.20. The molecule has 0 aliphatic carbocycles. The summed E-state index contributed by atoms with van der Waals surface area (Å²) in [5.41, 5.74) is 0.709. The Morgan fingerprint density at radius 2 is 1.84 bits per heavy atom. The average Bonchev–Trinajstić information content (AvgIpc) is 2.45. The Hall–Kier alpha value is -0.840. The van der Waals surface area contributed by atoms with E-state index < -0.39 is 0 Å². The van der Waals surface area contributed by atoms with Crippen LogP contribution in [0.1, 0.15) is 0 Å². The quantitative estimate of drug-likeness (QED) is 0.589. The Morgan fingerprint density at radius 3 is 2.53 bits per heavy atom. The van der Waals surface area contributed by atoms with Gasteiger partial charge in [-0.3, -0.25) is 4.90 Å². The van der Waals surface area contributed by atoms with E-state index in [4.69, 9.17) is 16.3 Å². The molecule has 3 nitrogen and oxygen atoms in total. The molecule has 1 aliphatic rings. The summed E-state index contributed by atoms with van der Waals surface area (Å²) in [7, 11) is 0. The lowest BCUT2D eigenvalue weighted by Gasteiger charge is -2.36. The molecule has 19 heavy (non-hydrogen) atoms. The second kappa shape index (κ2) is 7.68. The molecule has 1 fully saturated rings. The van der Waals surface area contributed by atoms with Crippen molar-refractivity contribution < 1.29 is 9.13 Å². The van der Waals surface area contributed by atoms with Crippen molar-refractivity contribution in [2.75, 3.05) is 56.7 Å². The van der Waals surface area contributed by atoms with Crippen molar-refractivity contribution in [3.8, 4) is 0 Å². The summed E-state index contributed by atoms with van der Waals surface area (Å²) < 4.78 is 19.0. The lowest BCUT2D eigenvalue weighted by Crippen LogP contribution is -2.47. The van der Waals surface area contributed by atoms with Crippen LogP contribution in [0, 0.1) is 5.82 Å². The molecule has 106 valence electrons. The van der Waals surface area contributed by atoms with E-state index in [9.17, 15) is 4.39 Å². The molecular formula is C14H20ClFN2O. The normalized spacial score (nSPS) is 16.8. The first-order valence-electron chi connectivity index (χ1n) is 6.67. The van der Waals surface area contributed by atoms with E-state index >= 15 is 0 Å². The minimum atomic E-state index is -0.138.